The Morgan fingerprint density at radius 2 is 1.78 bits per heavy atom. The molecule has 0 aliphatic heterocycles. The number of aromatic nitrogens is 4. The molecule has 0 aliphatic carbocycles. The van der Waals surface area contributed by atoms with Crippen molar-refractivity contribution in [3.63, 3.8) is 0 Å². The summed E-state index contributed by atoms with van der Waals surface area (Å²) in [6.45, 7) is 17.6. The zero-order valence-corrected chi connectivity index (χ0v) is 21.8. The molecule has 0 unspecified atom stereocenters. The zero-order chi connectivity index (χ0) is 26.3. The number of imidazole rings is 1. The maximum absolute atomic E-state index is 13.6. The highest BCUT2D eigenvalue weighted by Gasteiger charge is 2.22. The summed E-state index contributed by atoms with van der Waals surface area (Å²) in [5.74, 6) is 0.168. The van der Waals surface area contributed by atoms with Gasteiger partial charge in [-0.1, -0.05) is 33.1 Å². The summed E-state index contributed by atoms with van der Waals surface area (Å²) in [5.41, 5.74) is 5.24. The van der Waals surface area contributed by atoms with Gasteiger partial charge in [0.1, 0.15) is 18.2 Å². The maximum atomic E-state index is 13.6. The summed E-state index contributed by atoms with van der Waals surface area (Å²) in [7, 11) is -1.19. The van der Waals surface area contributed by atoms with Crippen molar-refractivity contribution in [1.82, 2.24) is 19.2 Å². The average Bonchev–Trinajstić information content (AvgIpc) is 3.42. The Hall–Kier alpha value is -3.90. The van der Waals surface area contributed by atoms with Crippen LogP contribution < -0.4 is 0 Å². The zero-order valence-electron chi connectivity index (χ0n) is 20.8. The number of ether oxygens (including phenoxy) is 1. The second kappa shape index (κ2) is 11.7. The monoisotopic (exact) mass is 505 g/mol. The molecule has 4 aromatic rings. The van der Waals surface area contributed by atoms with Gasteiger partial charge in [-0.3, -0.25) is 0 Å². The number of nitrogens with zero attached hydrogens (tertiary/aromatic N) is 5. The van der Waals surface area contributed by atoms with Gasteiger partial charge in [0.15, 0.2) is 0 Å². The van der Waals surface area contributed by atoms with Crippen molar-refractivity contribution in [2.75, 3.05) is 6.61 Å². The summed E-state index contributed by atoms with van der Waals surface area (Å²) in [4.78, 5) is 24.1. The quantitative estimate of drug-likeness (QED) is 0.171. The molecule has 0 bridgehead atoms. The van der Waals surface area contributed by atoms with E-state index in [1.54, 1.807) is 22.7 Å². The van der Waals surface area contributed by atoms with E-state index in [4.69, 9.17) is 26.0 Å². The average molecular weight is 506 g/mol. The number of hydrogen-bond donors (Lipinski definition) is 0. The molecule has 0 N–H and O–H groups in total. The van der Waals surface area contributed by atoms with E-state index >= 15 is 0 Å². The Morgan fingerprint density at radius 1 is 1.11 bits per heavy atom. The smallest absolute Gasteiger partial charge is 0.362 e. The summed E-state index contributed by atoms with van der Waals surface area (Å²) in [5, 5.41) is 4.90. The van der Waals surface area contributed by atoms with E-state index in [9.17, 15) is 4.39 Å². The highest BCUT2D eigenvalue weighted by Crippen LogP contribution is 2.36. The molecule has 4 rings (SSSR count). The summed E-state index contributed by atoms with van der Waals surface area (Å²) >= 11 is 0. The lowest BCUT2D eigenvalue weighted by Gasteiger charge is -2.16. The van der Waals surface area contributed by atoms with Crippen molar-refractivity contribution in [1.29, 1.82) is 0 Å². The Bertz CT molecular complexity index is 1410. The molecule has 3 aromatic heterocycles. The van der Waals surface area contributed by atoms with Gasteiger partial charge in [-0.05, 0) is 42.8 Å². The summed E-state index contributed by atoms with van der Waals surface area (Å²) in [6.07, 6.45) is 4.50. The van der Waals surface area contributed by atoms with Gasteiger partial charge in [0.05, 0.1) is 12.4 Å². The first-order valence-corrected chi connectivity index (χ1v) is 15.2. The van der Waals surface area contributed by atoms with Crippen LogP contribution in [0.4, 0.5) is 10.2 Å². The van der Waals surface area contributed by atoms with E-state index in [-0.39, 0.29) is 12.0 Å². The van der Waals surface area contributed by atoms with E-state index < -0.39 is 8.07 Å². The van der Waals surface area contributed by atoms with E-state index in [0.29, 0.717) is 24.8 Å². The Kier molecular flexibility index (Phi) is 8.67. The van der Waals surface area contributed by atoms with Crippen LogP contribution in [0.15, 0.2) is 48.8 Å². The van der Waals surface area contributed by atoms with Crippen LogP contribution in [0.3, 0.4) is 0 Å². The molecule has 8 nitrogen and oxygen atoms in total. The first-order chi connectivity index (χ1) is 17.2. The van der Waals surface area contributed by atoms with E-state index in [1.165, 1.54) is 12.1 Å². The molecule has 0 radical (unpaired) electrons. The second-order valence-corrected chi connectivity index (χ2v) is 15.0. The number of halogens is 1. The fourth-order valence-corrected chi connectivity index (χ4v) is 4.56. The van der Waals surface area contributed by atoms with Crippen molar-refractivity contribution in [2.24, 2.45) is 0 Å². The lowest BCUT2D eigenvalue weighted by atomic mass is 9.99. The minimum absolute atomic E-state index is 0.250. The molecule has 0 saturated heterocycles. The Morgan fingerprint density at radius 3 is 2.39 bits per heavy atom. The predicted molar refractivity (Wildman–Crippen MR) is 137 cm³/mol. The van der Waals surface area contributed by atoms with Crippen LogP contribution in [0.1, 0.15) is 12.6 Å². The molecule has 0 amide bonds. The van der Waals surface area contributed by atoms with Gasteiger partial charge in [-0.2, -0.15) is 14.7 Å². The minimum Gasteiger partial charge on any atom is -0.362 e. The molecular weight excluding hydrogens is 477 g/mol. The fraction of sp³-hybridized carbons (Fsp3) is 0.308. The number of benzene rings is 1. The molecule has 0 saturated carbocycles. The molecule has 3 heterocycles. The molecule has 10 heteroatoms. The number of carbonyl (C=O) groups excluding carboxylic acids is 2. The van der Waals surface area contributed by atoms with Crippen molar-refractivity contribution in [3.8, 4) is 22.4 Å². The van der Waals surface area contributed by atoms with Gasteiger partial charge in [0.25, 0.3) is 5.82 Å². The lowest BCUT2D eigenvalue weighted by Crippen LogP contribution is -2.22. The van der Waals surface area contributed by atoms with Gasteiger partial charge >= 0.3 is 6.15 Å². The van der Waals surface area contributed by atoms with Crippen LogP contribution in [0.2, 0.25) is 25.7 Å². The van der Waals surface area contributed by atoms with Crippen LogP contribution in [0.5, 0.6) is 0 Å². The van der Waals surface area contributed by atoms with Crippen molar-refractivity contribution >= 4 is 25.7 Å². The molecule has 186 valence electrons. The molecule has 0 fully saturated rings. The van der Waals surface area contributed by atoms with Crippen LogP contribution >= 0.6 is 0 Å². The van der Waals surface area contributed by atoms with E-state index in [2.05, 4.69) is 36.4 Å². The summed E-state index contributed by atoms with van der Waals surface area (Å²) in [6, 6.07) is 11.4. The van der Waals surface area contributed by atoms with Crippen molar-refractivity contribution in [3.05, 3.63) is 71.7 Å². The summed E-state index contributed by atoms with van der Waals surface area (Å²) < 4.78 is 23.3. The van der Waals surface area contributed by atoms with E-state index in [0.717, 1.165) is 40.5 Å². The third-order valence-electron chi connectivity index (χ3n) is 5.61. The number of fused-ring (bicyclic) bond motifs is 1. The molecule has 0 atom stereocenters. The normalized spacial score (nSPS) is 11.0. The van der Waals surface area contributed by atoms with Gasteiger partial charge in [-0.25, -0.2) is 18.5 Å². The Labute approximate surface area is 210 Å². The fourth-order valence-electron chi connectivity index (χ4n) is 3.80. The topological polar surface area (TPSA) is 82.9 Å². The third-order valence-corrected chi connectivity index (χ3v) is 7.31. The first-order valence-electron chi connectivity index (χ1n) is 11.5. The molecule has 0 aliphatic rings. The van der Waals surface area contributed by atoms with Crippen molar-refractivity contribution < 1.29 is 18.7 Å². The van der Waals surface area contributed by atoms with Crippen LogP contribution in [0.25, 0.3) is 32.9 Å². The van der Waals surface area contributed by atoms with Crippen LogP contribution in [-0.2, 0) is 27.5 Å². The first kappa shape index (κ1) is 26.7. The molecular formula is C26H28FN5O3Si. The number of rotatable bonds is 8. The van der Waals surface area contributed by atoms with Crippen molar-refractivity contribution in [2.45, 2.75) is 45.8 Å². The van der Waals surface area contributed by atoms with Crippen LogP contribution in [0, 0.1) is 12.4 Å². The highest BCUT2D eigenvalue weighted by molar-refractivity contribution is 6.76. The SMILES string of the molecule is O=C=O.[C-]#[N+]c1cnc2ccc(-c3c(-c4ccc(F)cc4)nn(COCC[Si](C)(C)C)c3CC)cn12. The number of pyridine rings is 1. The lowest BCUT2D eigenvalue weighted by molar-refractivity contribution is -0.191. The minimum atomic E-state index is -1.19. The largest absolute Gasteiger partial charge is 0.373 e. The highest BCUT2D eigenvalue weighted by atomic mass is 28.3. The van der Waals surface area contributed by atoms with Gasteiger partial charge in [-0.15, -0.1) is 0 Å². The maximum Gasteiger partial charge on any atom is 0.373 e. The molecule has 1 aromatic carbocycles. The third kappa shape index (κ3) is 6.20. The predicted octanol–water partition coefficient (Wildman–Crippen LogP) is 5.85. The standard InChI is InChI=1S/C25H28FN5OSi.CO2/c1-6-21-24(19-9-12-22-28-15-23(27-2)30(22)16-19)25(18-7-10-20(26)11-8-18)29-31(21)17-32-13-14-33(3,4)5;2-1-3/h7-12,15-16H,6,13-14,17H2,1,3-5H3;. The molecule has 36 heavy (non-hydrogen) atoms. The number of hydrogen-bond acceptors (Lipinski definition) is 5. The molecule has 0 spiro atoms. The van der Waals surface area contributed by atoms with Gasteiger partial charge in [0, 0.05) is 43.1 Å². The second-order valence-electron chi connectivity index (χ2n) is 9.34. The van der Waals surface area contributed by atoms with E-state index in [1.807, 2.05) is 23.0 Å². The van der Waals surface area contributed by atoms with Gasteiger partial charge < -0.3 is 9.58 Å². The van der Waals surface area contributed by atoms with Gasteiger partial charge in [0.2, 0.25) is 5.65 Å². The van der Waals surface area contributed by atoms with Crippen LogP contribution in [-0.4, -0.2) is 40.0 Å². The Balaban J connectivity index is 0.00000115.